The van der Waals surface area contributed by atoms with Crippen molar-refractivity contribution in [1.82, 2.24) is 0 Å². The SMILES string of the molecule is COc1ccc2oc(C(=O)O)c(OC3CCC(C4CCCCC4)CC3)c2c1. The fourth-order valence-electron chi connectivity index (χ4n) is 4.89. The molecule has 2 aliphatic carbocycles. The third-order valence-electron chi connectivity index (χ3n) is 6.36. The molecule has 146 valence electrons. The van der Waals surface area contributed by atoms with E-state index in [1.54, 1.807) is 25.3 Å². The molecular formula is C22H28O5. The van der Waals surface area contributed by atoms with E-state index in [2.05, 4.69) is 0 Å². The number of hydrogen-bond acceptors (Lipinski definition) is 4. The number of fused-ring (bicyclic) bond motifs is 1. The van der Waals surface area contributed by atoms with Crippen LogP contribution in [0.15, 0.2) is 22.6 Å². The summed E-state index contributed by atoms with van der Waals surface area (Å²) in [4.78, 5) is 11.6. The molecule has 5 heteroatoms. The third-order valence-corrected chi connectivity index (χ3v) is 6.36. The number of methoxy groups -OCH3 is 1. The summed E-state index contributed by atoms with van der Waals surface area (Å²) in [5.74, 6) is 1.48. The monoisotopic (exact) mass is 372 g/mol. The van der Waals surface area contributed by atoms with Gasteiger partial charge in [0.25, 0.3) is 5.76 Å². The topological polar surface area (TPSA) is 68.9 Å². The first-order valence-corrected chi connectivity index (χ1v) is 10.2. The standard InChI is InChI=1S/C22H28O5/c1-25-17-11-12-19-18(13-17)20(21(27-19)22(23)24)26-16-9-7-15(8-10-16)14-5-3-2-4-6-14/h11-16H,2-10H2,1H3,(H,23,24). The summed E-state index contributed by atoms with van der Waals surface area (Å²) in [5.41, 5.74) is 0.513. The zero-order chi connectivity index (χ0) is 18.8. The molecule has 0 amide bonds. The fraction of sp³-hybridized carbons (Fsp3) is 0.591. The molecule has 0 spiro atoms. The second kappa shape index (κ2) is 7.83. The Balaban J connectivity index is 1.49. The minimum atomic E-state index is -1.10. The number of benzene rings is 1. The highest BCUT2D eigenvalue weighted by atomic mass is 16.5. The van der Waals surface area contributed by atoms with Crippen molar-refractivity contribution >= 4 is 16.9 Å². The van der Waals surface area contributed by atoms with Crippen LogP contribution >= 0.6 is 0 Å². The van der Waals surface area contributed by atoms with Crippen LogP contribution in [0, 0.1) is 11.8 Å². The predicted octanol–water partition coefficient (Wildman–Crippen LogP) is 5.66. The van der Waals surface area contributed by atoms with Crippen molar-refractivity contribution in [2.75, 3.05) is 7.11 Å². The quantitative estimate of drug-likeness (QED) is 0.733. The van der Waals surface area contributed by atoms with Crippen molar-refractivity contribution < 1.29 is 23.8 Å². The lowest BCUT2D eigenvalue weighted by Gasteiger charge is -2.35. The maximum absolute atomic E-state index is 11.6. The fourth-order valence-corrected chi connectivity index (χ4v) is 4.89. The minimum absolute atomic E-state index is 0.0509. The molecule has 1 aromatic heterocycles. The number of hydrogen-bond donors (Lipinski definition) is 1. The van der Waals surface area contributed by atoms with Gasteiger partial charge >= 0.3 is 5.97 Å². The Labute approximate surface area is 159 Å². The van der Waals surface area contributed by atoms with E-state index in [1.165, 1.54) is 44.9 Å². The molecule has 1 heterocycles. The van der Waals surface area contributed by atoms with Gasteiger partial charge in [0.05, 0.1) is 18.6 Å². The summed E-state index contributed by atoms with van der Waals surface area (Å²) in [5, 5.41) is 10.2. The van der Waals surface area contributed by atoms with Crippen LogP contribution in [0.1, 0.15) is 68.3 Å². The zero-order valence-corrected chi connectivity index (χ0v) is 15.9. The van der Waals surface area contributed by atoms with E-state index < -0.39 is 5.97 Å². The first kappa shape index (κ1) is 18.2. The molecule has 0 atom stereocenters. The van der Waals surface area contributed by atoms with Gasteiger partial charge in [-0.05, 0) is 55.7 Å². The maximum Gasteiger partial charge on any atom is 0.375 e. The lowest BCUT2D eigenvalue weighted by Crippen LogP contribution is -2.29. The molecule has 4 rings (SSSR count). The molecule has 27 heavy (non-hydrogen) atoms. The lowest BCUT2D eigenvalue weighted by atomic mass is 9.73. The zero-order valence-electron chi connectivity index (χ0n) is 15.9. The Bertz CT molecular complexity index is 794. The molecule has 0 bridgehead atoms. The van der Waals surface area contributed by atoms with Gasteiger partial charge in [-0.1, -0.05) is 32.1 Å². The van der Waals surface area contributed by atoms with E-state index in [0.717, 1.165) is 24.7 Å². The molecule has 1 aromatic carbocycles. The Hall–Kier alpha value is -2.17. The number of aromatic carboxylic acids is 1. The molecule has 2 fully saturated rings. The summed E-state index contributed by atoms with van der Waals surface area (Å²) >= 11 is 0. The van der Waals surface area contributed by atoms with Crippen LogP contribution in [0.2, 0.25) is 0 Å². The molecule has 2 saturated carbocycles. The first-order valence-electron chi connectivity index (χ1n) is 10.2. The van der Waals surface area contributed by atoms with Crippen molar-refractivity contribution in [2.45, 2.75) is 63.9 Å². The number of carboxylic acid groups (broad SMARTS) is 1. The molecule has 0 saturated heterocycles. The van der Waals surface area contributed by atoms with Crippen LogP contribution in [0.3, 0.4) is 0 Å². The lowest BCUT2D eigenvalue weighted by molar-refractivity contribution is 0.0640. The summed E-state index contributed by atoms with van der Waals surface area (Å²) in [7, 11) is 1.59. The van der Waals surface area contributed by atoms with Crippen LogP contribution < -0.4 is 9.47 Å². The Morgan fingerprint density at radius 3 is 2.41 bits per heavy atom. The molecule has 0 unspecified atom stereocenters. The highest BCUT2D eigenvalue weighted by Gasteiger charge is 2.31. The maximum atomic E-state index is 11.6. The van der Waals surface area contributed by atoms with Crippen molar-refractivity contribution in [3.63, 3.8) is 0 Å². The van der Waals surface area contributed by atoms with Crippen molar-refractivity contribution in [3.05, 3.63) is 24.0 Å². The normalized spacial score (nSPS) is 24.0. The van der Waals surface area contributed by atoms with Gasteiger partial charge in [0.1, 0.15) is 11.3 Å². The largest absolute Gasteiger partial charge is 0.497 e. The Kier molecular flexibility index (Phi) is 5.28. The van der Waals surface area contributed by atoms with Gasteiger partial charge in [-0.15, -0.1) is 0 Å². The van der Waals surface area contributed by atoms with Gasteiger partial charge in [-0.3, -0.25) is 0 Å². The average molecular weight is 372 g/mol. The summed E-state index contributed by atoms with van der Waals surface area (Å²) < 4.78 is 17.0. The summed E-state index contributed by atoms with van der Waals surface area (Å²) in [6.45, 7) is 0. The average Bonchev–Trinajstić information content (AvgIpc) is 3.07. The van der Waals surface area contributed by atoms with Crippen LogP contribution in [0.4, 0.5) is 0 Å². The molecule has 2 aliphatic rings. The van der Waals surface area contributed by atoms with Crippen molar-refractivity contribution in [1.29, 1.82) is 0 Å². The van der Waals surface area contributed by atoms with Crippen molar-refractivity contribution in [3.8, 4) is 11.5 Å². The molecular weight excluding hydrogens is 344 g/mol. The van der Waals surface area contributed by atoms with Gasteiger partial charge in [-0.25, -0.2) is 4.79 Å². The Morgan fingerprint density at radius 2 is 1.74 bits per heavy atom. The van der Waals surface area contributed by atoms with E-state index in [4.69, 9.17) is 13.9 Å². The van der Waals surface area contributed by atoms with Gasteiger partial charge in [0.15, 0.2) is 5.75 Å². The van der Waals surface area contributed by atoms with E-state index in [0.29, 0.717) is 22.5 Å². The summed E-state index contributed by atoms with van der Waals surface area (Å²) in [6.07, 6.45) is 11.3. The molecule has 0 radical (unpaired) electrons. The number of furan rings is 1. The molecule has 5 nitrogen and oxygen atoms in total. The number of carboxylic acids is 1. The van der Waals surface area contributed by atoms with Gasteiger partial charge in [0, 0.05) is 0 Å². The minimum Gasteiger partial charge on any atom is -0.497 e. The van der Waals surface area contributed by atoms with E-state index in [1.807, 2.05) is 0 Å². The van der Waals surface area contributed by atoms with Gasteiger partial charge < -0.3 is 19.0 Å². The molecule has 1 N–H and O–H groups in total. The number of ether oxygens (including phenoxy) is 2. The smallest absolute Gasteiger partial charge is 0.375 e. The van der Waals surface area contributed by atoms with E-state index in [-0.39, 0.29) is 11.9 Å². The van der Waals surface area contributed by atoms with Gasteiger partial charge in [0.2, 0.25) is 0 Å². The third kappa shape index (κ3) is 3.78. The highest BCUT2D eigenvalue weighted by Crippen LogP contribution is 2.41. The van der Waals surface area contributed by atoms with Crippen LogP contribution in [0.5, 0.6) is 11.5 Å². The molecule has 2 aromatic rings. The predicted molar refractivity (Wildman–Crippen MR) is 103 cm³/mol. The van der Waals surface area contributed by atoms with Gasteiger partial charge in [-0.2, -0.15) is 0 Å². The number of rotatable bonds is 5. The van der Waals surface area contributed by atoms with Crippen LogP contribution in [-0.4, -0.2) is 24.3 Å². The Morgan fingerprint density at radius 1 is 1.04 bits per heavy atom. The summed E-state index contributed by atoms with van der Waals surface area (Å²) in [6, 6.07) is 5.28. The van der Waals surface area contributed by atoms with Crippen LogP contribution in [0.25, 0.3) is 11.0 Å². The number of carbonyl (C=O) groups is 1. The van der Waals surface area contributed by atoms with E-state index in [9.17, 15) is 9.90 Å². The second-order valence-electron chi connectivity index (χ2n) is 7.98. The second-order valence-corrected chi connectivity index (χ2v) is 7.98. The highest BCUT2D eigenvalue weighted by molar-refractivity contribution is 5.98. The van der Waals surface area contributed by atoms with Crippen molar-refractivity contribution in [2.24, 2.45) is 11.8 Å². The molecule has 0 aliphatic heterocycles. The van der Waals surface area contributed by atoms with E-state index >= 15 is 0 Å². The first-order chi connectivity index (χ1) is 13.2. The van der Waals surface area contributed by atoms with Crippen LogP contribution in [-0.2, 0) is 0 Å².